The molecule has 1 saturated heterocycles. The van der Waals surface area contributed by atoms with Crippen LogP contribution in [-0.2, 0) is 27.7 Å². The largest absolute Gasteiger partial charge is 0.437 e. The molecule has 4 rings (SSSR count). The minimum absolute atomic E-state index is 0.0971. The zero-order chi connectivity index (χ0) is 23.0. The second kappa shape index (κ2) is 8.66. The third-order valence-electron chi connectivity index (χ3n) is 5.73. The summed E-state index contributed by atoms with van der Waals surface area (Å²) in [4.78, 5) is 27.1. The molecule has 172 valence electrons. The smallest absolute Gasteiger partial charge is 0.387 e. The van der Waals surface area contributed by atoms with Gasteiger partial charge in [-0.25, -0.2) is 13.2 Å². The van der Waals surface area contributed by atoms with Gasteiger partial charge >= 0.3 is 5.76 Å². The van der Waals surface area contributed by atoms with E-state index in [0.29, 0.717) is 13.0 Å². The SMILES string of the molecule is Cc1nn([C@H]2CCS(=O)(=O)C2)c(C)c1CN(C)C(=O)CCn1nc(-c2cccs2)oc1=O. The molecule has 10 nitrogen and oxygen atoms in total. The predicted molar refractivity (Wildman–Crippen MR) is 119 cm³/mol. The summed E-state index contributed by atoms with van der Waals surface area (Å²) >= 11 is 1.42. The van der Waals surface area contributed by atoms with Crippen molar-refractivity contribution in [1.82, 2.24) is 24.5 Å². The summed E-state index contributed by atoms with van der Waals surface area (Å²) in [5.41, 5.74) is 2.56. The summed E-state index contributed by atoms with van der Waals surface area (Å²) in [6.07, 6.45) is 0.651. The van der Waals surface area contributed by atoms with Gasteiger partial charge in [-0.15, -0.1) is 16.4 Å². The third kappa shape index (κ3) is 4.56. The van der Waals surface area contributed by atoms with Gasteiger partial charge < -0.3 is 9.32 Å². The summed E-state index contributed by atoms with van der Waals surface area (Å²) in [5.74, 6) is -0.211. The van der Waals surface area contributed by atoms with Crippen LogP contribution in [0, 0.1) is 13.8 Å². The standard InChI is InChI=1S/C20H25N5O5S2/c1-13-16(14(2)25(21-13)15-7-10-32(28,29)12-15)11-23(3)18(26)6-8-24-20(27)30-19(22-24)17-5-4-9-31-17/h4-5,9,15H,6-8,10-12H2,1-3H3/t15-/m0/s1. The number of carbonyl (C=O) groups is 1. The average molecular weight is 480 g/mol. The van der Waals surface area contributed by atoms with Gasteiger partial charge in [-0.1, -0.05) is 6.07 Å². The number of thiophene rings is 1. The number of amides is 1. The van der Waals surface area contributed by atoms with E-state index < -0.39 is 15.6 Å². The van der Waals surface area contributed by atoms with Crippen LogP contribution in [0.2, 0.25) is 0 Å². The summed E-state index contributed by atoms with van der Waals surface area (Å²) in [5, 5.41) is 10.6. The fraction of sp³-hybridized carbons (Fsp3) is 0.500. The molecule has 3 aromatic heterocycles. The number of carbonyl (C=O) groups excluding carboxylic acids is 1. The van der Waals surface area contributed by atoms with Crippen molar-refractivity contribution in [3.8, 4) is 10.8 Å². The van der Waals surface area contributed by atoms with Gasteiger partial charge in [0.15, 0.2) is 9.84 Å². The van der Waals surface area contributed by atoms with E-state index in [-0.39, 0.29) is 42.3 Å². The van der Waals surface area contributed by atoms with Crippen molar-refractivity contribution in [2.75, 3.05) is 18.6 Å². The van der Waals surface area contributed by atoms with E-state index in [1.807, 2.05) is 31.4 Å². The van der Waals surface area contributed by atoms with E-state index in [9.17, 15) is 18.0 Å². The summed E-state index contributed by atoms with van der Waals surface area (Å²) in [6, 6.07) is 3.49. The molecule has 0 N–H and O–H groups in total. The second-order valence-corrected chi connectivity index (χ2v) is 11.2. The van der Waals surface area contributed by atoms with Crippen LogP contribution < -0.4 is 5.76 Å². The normalized spacial score (nSPS) is 17.7. The van der Waals surface area contributed by atoms with Gasteiger partial charge in [-0.3, -0.25) is 9.48 Å². The molecular weight excluding hydrogens is 454 g/mol. The molecule has 12 heteroatoms. The van der Waals surface area contributed by atoms with E-state index in [1.54, 1.807) is 16.6 Å². The Labute approximate surface area is 189 Å². The van der Waals surface area contributed by atoms with E-state index in [4.69, 9.17) is 4.42 Å². The summed E-state index contributed by atoms with van der Waals surface area (Å²) in [6.45, 7) is 4.24. The summed E-state index contributed by atoms with van der Waals surface area (Å²) in [7, 11) is -1.32. The van der Waals surface area contributed by atoms with Gasteiger partial charge in [-0.2, -0.15) is 9.78 Å². The fourth-order valence-corrected chi connectivity index (χ4v) is 6.25. The highest BCUT2D eigenvalue weighted by Crippen LogP contribution is 2.27. The van der Waals surface area contributed by atoms with Gasteiger partial charge in [0.1, 0.15) is 0 Å². The number of rotatable bonds is 7. The highest BCUT2D eigenvalue weighted by Gasteiger charge is 2.31. The fourth-order valence-electron chi connectivity index (χ4n) is 3.91. The topological polar surface area (TPSA) is 120 Å². The molecular formula is C20H25N5O5S2. The number of aryl methyl sites for hydroxylation is 2. The lowest BCUT2D eigenvalue weighted by molar-refractivity contribution is -0.130. The molecule has 4 heterocycles. The number of hydrogen-bond donors (Lipinski definition) is 0. The zero-order valence-corrected chi connectivity index (χ0v) is 19.8. The van der Waals surface area contributed by atoms with Gasteiger partial charge in [0, 0.05) is 31.3 Å². The first kappa shape index (κ1) is 22.5. The van der Waals surface area contributed by atoms with Crippen molar-refractivity contribution in [3.63, 3.8) is 0 Å². The molecule has 0 aromatic carbocycles. The molecule has 1 aliphatic heterocycles. The Balaban J connectivity index is 1.40. The van der Waals surface area contributed by atoms with Crippen LogP contribution in [-0.4, -0.2) is 57.3 Å². The Hall–Kier alpha value is -2.73. The minimum Gasteiger partial charge on any atom is -0.387 e. The maximum Gasteiger partial charge on any atom is 0.437 e. The third-order valence-corrected chi connectivity index (χ3v) is 8.33. The molecule has 1 fully saturated rings. The average Bonchev–Trinajstić information content (AvgIpc) is 3.51. The maximum absolute atomic E-state index is 12.7. The van der Waals surface area contributed by atoms with Gasteiger partial charge in [0.25, 0.3) is 5.89 Å². The maximum atomic E-state index is 12.7. The lowest BCUT2D eigenvalue weighted by atomic mass is 10.1. The van der Waals surface area contributed by atoms with Crippen LogP contribution in [0.15, 0.2) is 26.7 Å². The molecule has 0 saturated carbocycles. The van der Waals surface area contributed by atoms with E-state index in [1.165, 1.54) is 11.3 Å². The lowest BCUT2D eigenvalue weighted by Crippen LogP contribution is -2.29. The molecule has 0 bridgehead atoms. The predicted octanol–water partition coefficient (Wildman–Crippen LogP) is 1.79. The number of aromatic nitrogens is 4. The Morgan fingerprint density at radius 3 is 2.78 bits per heavy atom. The van der Waals surface area contributed by atoms with Crippen LogP contribution in [0.3, 0.4) is 0 Å². The van der Waals surface area contributed by atoms with Gasteiger partial charge in [0.2, 0.25) is 5.91 Å². The first-order chi connectivity index (χ1) is 15.1. The van der Waals surface area contributed by atoms with Crippen LogP contribution in [0.25, 0.3) is 10.8 Å². The van der Waals surface area contributed by atoms with Gasteiger partial charge in [0.05, 0.1) is 34.7 Å². The molecule has 32 heavy (non-hydrogen) atoms. The van der Waals surface area contributed by atoms with Crippen molar-refractivity contribution in [1.29, 1.82) is 0 Å². The van der Waals surface area contributed by atoms with Crippen molar-refractivity contribution in [2.24, 2.45) is 0 Å². The summed E-state index contributed by atoms with van der Waals surface area (Å²) < 4.78 is 31.8. The van der Waals surface area contributed by atoms with Crippen LogP contribution in [0.1, 0.15) is 35.8 Å². The van der Waals surface area contributed by atoms with Crippen LogP contribution in [0.4, 0.5) is 0 Å². The van der Waals surface area contributed by atoms with E-state index in [2.05, 4.69) is 10.2 Å². The molecule has 0 aliphatic carbocycles. The second-order valence-electron chi connectivity index (χ2n) is 8.02. The molecule has 1 aliphatic rings. The Bertz CT molecular complexity index is 1290. The first-order valence-corrected chi connectivity index (χ1v) is 13.0. The Morgan fingerprint density at radius 2 is 2.12 bits per heavy atom. The molecule has 3 aromatic rings. The van der Waals surface area contributed by atoms with Crippen molar-refractivity contribution < 1.29 is 17.6 Å². The molecule has 1 atom stereocenters. The quantitative estimate of drug-likeness (QED) is 0.506. The number of nitrogens with zero attached hydrogens (tertiary/aromatic N) is 5. The Morgan fingerprint density at radius 1 is 1.34 bits per heavy atom. The van der Waals surface area contributed by atoms with Crippen LogP contribution >= 0.6 is 11.3 Å². The molecule has 0 unspecified atom stereocenters. The highest BCUT2D eigenvalue weighted by molar-refractivity contribution is 7.91. The van der Waals surface area contributed by atoms with Gasteiger partial charge in [-0.05, 0) is 31.7 Å². The van der Waals surface area contributed by atoms with E-state index in [0.717, 1.165) is 26.5 Å². The van der Waals surface area contributed by atoms with Crippen LogP contribution in [0.5, 0.6) is 0 Å². The van der Waals surface area contributed by atoms with Crippen molar-refractivity contribution in [2.45, 2.75) is 45.8 Å². The molecule has 0 spiro atoms. The van der Waals surface area contributed by atoms with Crippen molar-refractivity contribution >= 4 is 27.1 Å². The zero-order valence-electron chi connectivity index (χ0n) is 18.1. The number of hydrogen-bond acceptors (Lipinski definition) is 8. The highest BCUT2D eigenvalue weighted by atomic mass is 32.2. The van der Waals surface area contributed by atoms with E-state index >= 15 is 0 Å². The molecule has 1 amide bonds. The minimum atomic E-state index is -3.02. The Kier molecular flexibility index (Phi) is 6.08. The first-order valence-electron chi connectivity index (χ1n) is 10.3. The lowest BCUT2D eigenvalue weighted by Gasteiger charge is -2.18. The number of sulfone groups is 1. The van der Waals surface area contributed by atoms with Crippen molar-refractivity contribution in [3.05, 3.63) is 45.0 Å². The monoisotopic (exact) mass is 479 g/mol. The molecule has 0 radical (unpaired) electrons.